The van der Waals surface area contributed by atoms with Crippen LogP contribution in [0.2, 0.25) is 0 Å². The first-order valence-electron chi connectivity index (χ1n) is 3.74. The smallest absolute Gasteiger partial charge is 0.134 e. The molecule has 0 aromatic carbocycles. The molecule has 1 rings (SSSR count). The molecule has 0 aliphatic rings. The molecular formula is C9H11NO2. The minimum atomic E-state index is 0.142. The van der Waals surface area contributed by atoms with E-state index in [9.17, 15) is 0 Å². The molecule has 1 aromatic rings. The van der Waals surface area contributed by atoms with E-state index in [2.05, 4.69) is 4.98 Å². The summed E-state index contributed by atoms with van der Waals surface area (Å²) in [7, 11) is 0. The fourth-order valence-corrected chi connectivity index (χ4v) is 0.830. The van der Waals surface area contributed by atoms with E-state index < -0.39 is 0 Å². The predicted octanol–water partition coefficient (Wildman–Crippen LogP) is 1.18. The van der Waals surface area contributed by atoms with Crippen molar-refractivity contribution in [1.29, 1.82) is 0 Å². The summed E-state index contributed by atoms with van der Waals surface area (Å²) in [5.74, 6) is 0.154. The summed E-state index contributed by atoms with van der Waals surface area (Å²) in [6.07, 6.45) is 7.28. The van der Waals surface area contributed by atoms with Gasteiger partial charge in [-0.05, 0) is 18.1 Å². The second-order valence-corrected chi connectivity index (χ2v) is 2.39. The average molecular weight is 165 g/mol. The molecule has 0 radical (unpaired) electrons. The second kappa shape index (κ2) is 4.51. The molecule has 64 valence electrons. The van der Waals surface area contributed by atoms with Crippen molar-refractivity contribution in [1.82, 2.24) is 4.98 Å². The van der Waals surface area contributed by atoms with Gasteiger partial charge in [0, 0.05) is 12.8 Å². The fourth-order valence-electron chi connectivity index (χ4n) is 0.830. The molecule has 0 unspecified atom stereocenters. The van der Waals surface area contributed by atoms with Crippen molar-refractivity contribution in [2.45, 2.75) is 6.42 Å². The molecule has 0 aliphatic heterocycles. The second-order valence-electron chi connectivity index (χ2n) is 2.39. The number of hydrogen-bond acceptors (Lipinski definition) is 3. The molecule has 0 saturated carbocycles. The first kappa shape index (κ1) is 8.74. The Morgan fingerprint density at radius 1 is 1.42 bits per heavy atom. The summed E-state index contributed by atoms with van der Waals surface area (Å²) in [5.41, 5.74) is 0.837. The molecule has 3 heteroatoms. The predicted molar refractivity (Wildman–Crippen MR) is 46.6 cm³/mol. The van der Waals surface area contributed by atoms with E-state index in [1.54, 1.807) is 12.3 Å². The van der Waals surface area contributed by atoms with Gasteiger partial charge < -0.3 is 10.2 Å². The van der Waals surface area contributed by atoms with Gasteiger partial charge in [0.2, 0.25) is 0 Å². The first-order chi connectivity index (χ1) is 5.83. The third kappa shape index (κ3) is 2.72. The number of aliphatic hydroxyl groups excluding tert-OH is 1. The molecule has 3 nitrogen and oxygen atoms in total. The van der Waals surface area contributed by atoms with E-state index in [0.717, 1.165) is 5.56 Å². The van der Waals surface area contributed by atoms with Crippen LogP contribution < -0.4 is 0 Å². The van der Waals surface area contributed by atoms with E-state index in [4.69, 9.17) is 10.2 Å². The maximum Gasteiger partial charge on any atom is 0.134 e. The van der Waals surface area contributed by atoms with Gasteiger partial charge in [-0.3, -0.25) is 4.98 Å². The van der Waals surface area contributed by atoms with Gasteiger partial charge >= 0.3 is 0 Å². The normalized spacial score (nSPS) is 10.8. The molecule has 1 heterocycles. The van der Waals surface area contributed by atoms with Crippen molar-refractivity contribution >= 4 is 6.08 Å². The van der Waals surface area contributed by atoms with Gasteiger partial charge in [0.25, 0.3) is 0 Å². The number of aromatic hydroxyl groups is 1. The van der Waals surface area contributed by atoms with Gasteiger partial charge in [-0.25, -0.2) is 0 Å². The van der Waals surface area contributed by atoms with Crippen LogP contribution in [0.25, 0.3) is 6.08 Å². The van der Waals surface area contributed by atoms with Gasteiger partial charge in [0.05, 0.1) is 6.20 Å². The lowest BCUT2D eigenvalue weighted by molar-refractivity contribution is 0.303. The van der Waals surface area contributed by atoms with Gasteiger partial charge in [-0.15, -0.1) is 0 Å². The number of aromatic nitrogens is 1. The van der Waals surface area contributed by atoms with E-state index in [0.29, 0.717) is 6.42 Å². The molecule has 0 bridgehead atoms. The fraction of sp³-hybridized carbons (Fsp3) is 0.222. The van der Waals surface area contributed by atoms with Crippen LogP contribution >= 0.6 is 0 Å². The summed E-state index contributed by atoms with van der Waals surface area (Å²) in [4.78, 5) is 3.80. The zero-order valence-corrected chi connectivity index (χ0v) is 6.64. The number of rotatable bonds is 3. The van der Waals surface area contributed by atoms with E-state index in [-0.39, 0.29) is 12.4 Å². The summed E-state index contributed by atoms with van der Waals surface area (Å²) in [6.45, 7) is 0.142. The van der Waals surface area contributed by atoms with Crippen LogP contribution in [0.3, 0.4) is 0 Å². The molecule has 0 aliphatic carbocycles. The van der Waals surface area contributed by atoms with Crippen LogP contribution in [-0.2, 0) is 0 Å². The number of nitrogens with zero attached hydrogens (tertiary/aromatic N) is 1. The molecule has 0 atom stereocenters. The van der Waals surface area contributed by atoms with Crippen LogP contribution in [0.5, 0.6) is 5.75 Å². The van der Waals surface area contributed by atoms with E-state index >= 15 is 0 Å². The van der Waals surface area contributed by atoms with Crippen LogP contribution in [0.15, 0.2) is 24.5 Å². The van der Waals surface area contributed by atoms with Crippen molar-refractivity contribution in [2.24, 2.45) is 0 Å². The summed E-state index contributed by atoms with van der Waals surface area (Å²) in [6, 6.07) is 1.61. The Bertz CT molecular complexity index is 271. The molecular weight excluding hydrogens is 154 g/mol. The highest BCUT2D eigenvalue weighted by molar-refractivity contribution is 5.49. The Morgan fingerprint density at radius 3 is 2.92 bits per heavy atom. The van der Waals surface area contributed by atoms with E-state index in [1.165, 1.54) is 6.20 Å². The average Bonchev–Trinajstić information content (AvgIpc) is 2.05. The largest absolute Gasteiger partial charge is 0.506 e. The van der Waals surface area contributed by atoms with Gasteiger partial charge in [-0.1, -0.05) is 12.2 Å². The number of hydrogen-bond donors (Lipinski definition) is 2. The van der Waals surface area contributed by atoms with Crippen LogP contribution in [0.4, 0.5) is 0 Å². The standard InChI is InChI=1S/C9H11NO2/c11-4-2-1-3-8-5-9(12)7-10-6-8/h1,3,5-7,11-12H,2,4H2. The van der Waals surface area contributed by atoms with Crippen LogP contribution in [0, 0.1) is 0 Å². The van der Waals surface area contributed by atoms with Crippen molar-refractivity contribution in [3.05, 3.63) is 30.1 Å². The quantitative estimate of drug-likeness (QED) is 0.707. The minimum Gasteiger partial charge on any atom is -0.506 e. The topological polar surface area (TPSA) is 53.4 Å². The molecule has 0 amide bonds. The molecule has 2 N–H and O–H groups in total. The van der Waals surface area contributed by atoms with Gasteiger partial charge in [0.15, 0.2) is 0 Å². The van der Waals surface area contributed by atoms with Crippen molar-refractivity contribution < 1.29 is 10.2 Å². The highest BCUT2D eigenvalue weighted by Crippen LogP contribution is 2.09. The highest BCUT2D eigenvalue weighted by Gasteiger charge is 1.88. The Kier molecular flexibility index (Phi) is 3.29. The lowest BCUT2D eigenvalue weighted by Gasteiger charge is -1.92. The minimum absolute atomic E-state index is 0.142. The lowest BCUT2D eigenvalue weighted by Crippen LogP contribution is -1.78. The Hall–Kier alpha value is -1.35. The summed E-state index contributed by atoms with van der Waals surface area (Å²) in [5, 5.41) is 17.5. The Labute approximate surface area is 71.0 Å². The van der Waals surface area contributed by atoms with Gasteiger partial charge in [0.1, 0.15) is 5.75 Å². The SMILES string of the molecule is OCCC=Cc1cncc(O)c1. The van der Waals surface area contributed by atoms with Gasteiger partial charge in [-0.2, -0.15) is 0 Å². The maximum atomic E-state index is 9.02. The Balaban J connectivity index is 2.63. The summed E-state index contributed by atoms with van der Waals surface area (Å²) >= 11 is 0. The van der Waals surface area contributed by atoms with Crippen LogP contribution in [0.1, 0.15) is 12.0 Å². The van der Waals surface area contributed by atoms with Crippen molar-refractivity contribution in [2.75, 3.05) is 6.61 Å². The molecule has 1 aromatic heterocycles. The Morgan fingerprint density at radius 2 is 2.25 bits per heavy atom. The third-order valence-electron chi connectivity index (χ3n) is 1.35. The zero-order valence-electron chi connectivity index (χ0n) is 6.64. The van der Waals surface area contributed by atoms with Crippen LogP contribution in [-0.4, -0.2) is 21.8 Å². The number of pyridine rings is 1. The molecule has 0 spiro atoms. The first-order valence-corrected chi connectivity index (χ1v) is 3.74. The third-order valence-corrected chi connectivity index (χ3v) is 1.35. The maximum absolute atomic E-state index is 9.02. The molecule has 0 saturated heterocycles. The highest BCUT2D eigenvalue weighted by atomic mass is 16.3. The lowest BCUT2D eigenvalue weighted by atomic mass is 10.2. The van der Waals surface area contributed by atoms with E-state index in [1.807, 2.05) is 12.2 Å². The van der Waals surface area contributed by atoms with Crippen molar-refractivity contribution in [3.63, 3.8) is 0 Å². The molecule has 0 fully saturated rings. The zero-order chi connectivity index (χ0) is 8.81. The molecule has 12 heavy (non-hydrogen) atoms. The monoisotopic (exact) mass is 165 g/mol. The summed E-state index contributed by atoms with van der Waals surface area (Å²) < 4.78 is 0. The van der Waals surface area contributed by atoms with Crippen molar-refractivity contribution in [3.8, 4) is 5.75 Å². The number of aliphatic hydroxyl groups is 1.